The van der Waals surface area contributed by atoms with Gasteiger partial charge in [0.15, 0.2) is 0 Å². The molecule has 2 nitrogen and oxygen atoms in total. The molecule has 1 aromatic rings. The van der Waals surface area contributed by atoms with Crippen LogP contribution in [0.3, 0.4) is 0 Å². The summed E-state index contributed by atoms with van der Waals surface area (Å²) in [6.45, 7) is 6.90. The van der Waals surface area contributed by atoms with E-state index in [4.69, 9.17) is 0 Å². The highest BCUT2D eigenvalue weighted by Gasteiger charge is 2.25. The van der Waals surface area contributed by atoms with Gasteiger partial charge < -0.3 is 9.80 Å². The first kappa shape index (κ1) is 15.9. The van der Waals surface area contributed by atoms with E-state index >= 15 is 0 Å². The highest BCUT2D eigenvalue weighted by Crippen LogP contribution is 2.21. The minimum Gasteiger partial charge on any atom is -0.356 e. The molecular formula is C19H30N2. The summed E-state index contributed by atoms with van der Waals surface area (Å²) in [5.41, 5.74) is 1.44. The maximum absolute atomic E-state index is 2.54. The molecule has 21 heavy (non-hydrogen) atoms. The van der Waals surface area contributed by atoms with Gasteiger partial charge in [-0.15, -0.1) is 0 Å². The van der Waals surface area contributed by atoms with Gasteiger partial charge in [-0.1, -0.05) is 63.4 Å². The molecule has 0 bridgehead atoms. The Kier molecular flexibility index (Phi) is 6.65. The highest BCUT2D eigenvalue weighted by molar-refractivity contribution is 5.17. The summed E-state index contributed by atoms with van der Waals surface area (Å²) in [4.78, 5) is 5.07. The van der Waals surface area contributed by atoms with Gasteiger partial charge in [0.05, 0.1) is 0 Å². The molecule has 0 saturated heterocycles. The molecule has 0 spiro atoms. The van der Waals surface area contributed by atoms with Gasteiger partial charge in [0.25, 0.3) is 0 Å². The average molecular weight is 286 g/mol. The van der Waals surface area contributed by atoms with E-state index in [2.05, 4.69) is 66.4 Å². The zero-order chi connectivity index (χ0) is 14.9. The molecule has 0 saturated carbocycles. The van der Waals surface area contributed by atoms with E-state index in [1.54, 1.807) is 0 Å². The molecule has 0 aromatic heterocycles. The molecule has 0 amide bonds. The van der Waals surface area contributed by atoms with E-state index in [1.165, 1.54) is 50.8 Å². The van der Waals surface area contributed by atoms with Crippen molar-refractivity contribution < 1.29 is 0 Å². The van der Waals surface area contributed by atoms with Crippen molar-refractivity contribution in [2.75, 3.05) is 13.1 Å². The molecule has 0 radical (unpaired) electrons. The van der Waals surface area contributed by atoms with E-state index in [1.807, 2.05) is 0 Å². The largest absolute Gasteiger partial charge is 0.356 e. The number of benzene rings is 1. The number of rotatable bonds is 9. The summed E-state index contributed by atoms with van der Waals surface area (Å²) in [5.74, 6) is 0. The minimum absolute atomic E-state index is 0.510. The highest BCUT2D eigenvalue weighted by atomic mass is 15.4. The van der Waals surface area contributed by atoms with E-state index in [-0.39, 0.29) is 0 Å². The Morgan fingerprint density at radius 2 is 1.43 bits per heavy atom. The van der Waals surface area contributed by atoms with Crippen molar-refractivity contribution in [3.63, 3.8) is 0 Å². The number of unbranched alkanes of at least 4 members (excludes halogenated alkanes) is 3. The molecule has 1 aromatic carbocycles. The lowest BCUT2D eigenvalue weighted by Gasteiger charge is -2.33. The van der Waals surface area contributed by atoms with Crippen molar-refractivity contribution in [2.24, 2.45) is 0 Å². The number of nitrogens with zero attached hydrogens (tertiary/aromatic N) is 2. The Morgan fingerprint density at radius 3 is 2.05 bits per heavy atom. The van der Waals surface area contributed by atoms with Crippen molar-refractivity contribution in [1.29, 1.82) is 0 Å². The maximum Gasteiger partial charge on any atom is 0.105 e. The molecule has 116 valence electrons. The second-order valence-electron chi connectivity index (χ2n) is 6.00. The van der Waals surface area contributed by atoms with E-state index < -0.39 is 0 Å². The van der Waals surface area contributed by atoms with Crippen molar-refractivity contribution in [3.8, 4) is 0 Å². The second-order valence-corrected chi connectivity index (χ2v) is 6.00. The van der Waals surface area contributed by atoms with Gasteiger partial charge in [-0.25, -0.2) is 0 Å². The van der Waals surface area contributed by atoms with E-state index in [9.17, 15) is 0 Å². The van der Waals surface area contributed by atoms with Crippen LogP contribution in [0.15, 0.2) is 42.7 Å². The molecule has 1 unspecified atom stereocenters. The van der Waals surface area contributed by atoms with E-state index in [0.717, 1.165) is 6.42 Å². The van der Waals surface area contributed by atoms with Crippen LogP contribution < -0.4 is 0 Å². The van der Waals surface area contributed by atoms with Crippen LogP contribution in [0, 0.1) is 0 Å². The van der Waals surface area contributed by atoms with Crippen molar-refractivity contribution in [1.82, 2.24) is 9.80 Å². The summed E-state index contributed by atoms with van der Waals surface area (Å²) in [6.07, 6.45) is 12.7. The van der Waals surface area contributed by atoms with Gasteiger partial charge in [0.2, 0.25) is 0 Å². The van der Waals surface area contributed by atoms with Crippen LogP contribution in [0.1, 0.15) is 51.5 Å². The Hall–Kier alpha value is -1.44. The van der Waals surface area contributed by atoms with Crippen LogP contribution >= 0.6 is 0 Å². The molecule has 1 aliphatic rings. The van der Waals surface area contributed by atoms with Gasteiger partial charge in [0.1, 0.15) is 6.17 Å². The maximum atomic E-state index is 2.54. The third kappa shape index (κ3) is 4.80. The molecule has 0 aliphatic carbocycles. The Balaban J connectivity index is 1.97. The Morgan fingerprint density at radius 1 is 0.810 bits per heavy atom. The summed E-state index contributed by atoms with van der Waals surface area (Å²) in [7, 11) is 0. The van der Waals surface area contributed by atoms with Gasteiger partial charge in [-0.3, -0.25) is 0 Å². The summed E-state index contributed by atoms with van der Waals surface area (Å²) in [6, 6.07) is 10.9. The molecule has 0 fully saturated rings. The van der Waals surface area contributed by atoms with Gasteiger partial charge >= 0.3 is 0 Å². The molecule has 1 heterocycles. The fourth-order valence-electron chi connectivity index (χ4n) is 2.95. The minimum atomic E-state index is 0.510. The third-order valence-corrected chi connectivity index (χ3v) is 4.27. The van der Waals surface area contributed by atoms with Crippen LogP contribution in [0.25, 0.3) is 0 Å². The monoisotopic (exact) mass is 286 g/mol. The lowest BCUT2D eigenvalue weighted by molar-refractivity contribution is 0.148. The zero-order valence-electron chi connectivity index (χ0n) is 13.7. The van der Waals surface area contributed by atoms with Crippen LogP contribution in [0.2, 0.25) is 0 Å². The smallest absolute Gasteiger partial charge is 0.105 e. The van der Waals surface area contributed by atoms with Crippen LogP contribution in [-0.4, -0.2) is 29.1 Å². The molecule has 0 N–H and O–H groups in total. The van der Waals surface area contributed by atoms with Gasteiger partial charge in [0, 0.05) is 31.9 Å². The van der Waals surface area contributed by atoms with E-state index in [0.29, 0.717) is 6.17 Å². The lowest BCUT2D eigenvalue weighted by Crippen LogP contribution is -2.41. The second kappa shape index (κ2) is 8.76. The predicted octanol–water partition coefficient (Wildman–Crippen LogP) is 4.63. The SMILES string of the molecule is CCCCCN1C=CN(CCCC)C1Cc1ccccc1. The molecule has 2 heteroatoms. The van der Waals surface area contributed by atoms with Crippen LogP contribution in [0.5, 0.6) is 0 Å². The lowest BCUT2D eigenvalue weighted by atomic mass is 10.1. The van der Waals surface area contributed by atoms with Crippen molar-refractivity contribution in [2.45, 2.75) is 58.5 Å². The number of hydrogen-bond donors (Lipinski definition) is 0. The Bertz CT molecular complexity index is 413. The zero-order valence-corrected chi connectivity index (χ0v) is 13.7. The Labute approximate surface area is 130 Å². The fraction of sp³-hybridized carbons (Fsp3) is 0.579. The van der Waals surface area contributed by atoms with Gasteiger partial charge in [-0.2, -0.15) is 0 Å². The molecular weight excluding hydrogens is 256 g/mol. The molecule has 2 rings (SSSR count). The van der Waals surface area contributed by atoms with Gasteiger partial charge in [-0.05, 0) is 18.4 Å². The topological polar surface area (TPSA) is 6.48 Å². The molecule has 1 aliphatic heterocycles. The third-order valence-electron chi connectivity index (χ3n) is 4.27. The summed E-state index contributed by atoms with van der Waals surface area (Å²) in [5, 5.41) is 0. The first-order valence-electron chi connectivity index (χ1n) is 8.59. The predicted molar refractivity (Wildman–Crippen MR) is 90.9 cm³/mol. The summed E-state index contributed by atoms with van der Waals surface area (Å²) >= 11 is 0. The van der Waals surface area contributed by atoms with Crippen molar-refractivity contribution in [3.05, 3.63) is 48.3 Å². The average Bonchev–Trinajstić information content (AvgIpc) is 2.89. The standard InChI is InChI=1S/C19H30N2/c1-3-5-10-14-21-16-15-20(13-6-4-2)19(21)17-18-11-8-7-9-12-18/h7-9,11-12,15-16,19H,3-6,10,13-14,17H2,1-2H3. The molecule has 1 atom stereocenters. The quantitative estimate of drug-likeness (QED) is 0.610. The first-order valence-corrected chi connectivity index (χ1v) is 8.59. The van der Waals surface area contributed by atoms with Crippen molar-refractivity contribution >= 4 is 0 Å². The first-order chi connectivity index (χ1) is 10.3. The fourth-order valence-corrected chi connectivity index (χ4v) is 2.95. The van der Waals surface area contributed by atoms with Crippen LogP contribution in [0.4, 0.5) is 0 Å². The number of hydrogen-bond acceptors (Lipinski definition) is 2. The summed E-state index contributed by atoms with van der Waals surface area (Å²) < 4.78 is 0. The normalized spacial score (nSPS) is 17.7. The van der Waals surface area contributed by atoms with Crippen LogP contribution in [-0.2, 0) is 6.42 Å².